The first kappa shape index (κ1) is 36.7. The predicted octanol–water partition coefficient (Wildman–Crippen LogP) is 3.52. The molecule has 16 heteroatoms. The zero-order valence-electron chi connectivity index (χ0n) is 28.2. The van der Waals surface area contributed by atoms with E-state index in [0.717, 1.165) is 5.84 Å². The lowest BCUT2D eigenvalue weighted by Crippen LogP contribution is -2.31. The van der Waals surface area contributed by atoms with Crippen LogP contribution in [-0.2, 0) is 31.9 Å². The van der Waals surface area contributed by atoms with Crippen molar-refractivity contribution in [2.45, 2.75) is 11.3 Å². The van der Waals surface area contributed by atoms with Gasteiger partial charge in [-0.2, -0.15) is 0 Å². The number of hydrogen-bond acceptors (Lipinski definition) is 6. The number of alkyl halides is 1. The number of carbonyl (C=O) groups is 4. The van der Waals surface area contributed by atoms with Crippen molar-refractivity contribution in [3.8, 4) is 0 Å². The Labute approximate surface area is 292 Å². The van der Waals surface area contributed by atoms with Gasteiger partial charge in [-0.1, -0.05) is 0 Å². The van der Waals surface area contributed by atoms with Crippen molar-refractivity contribution in [1.29, 1.82) is 0 Å². The average molecular weight is 710 g/mol. The number of nitrogens with one attached hydrogen (secondary N) is 4. The fourth-order valence-electron chi connectivity index (χ4n) is 5.02. The Morgan fingerprint density at radius 1 is 0.796 bits per heavy atom. The van der Waals surface area contributed by atoms with E-state index in [1.807, 2.05) is 19.0 Å². The molecule has 49 heavy (non-hydrogen) atoms. The molecule has 0 aliphatic rings. The maximum Gasteiger partial charge on any atom is 0.272 e. The van der Waals surface area contributed by atoms with E-state index in [4.69, 9.17) is 11.6 Å². The molecule has 0 spiro atoms. The zero-order valence-corrected chi connectivity index (χ0v) is 29.7. The second kappa shape index (κ2) is 16.3. The quantitative estimate of drug-likeness (QED) is 0.0943. The molecule has 1 aromatic carbocycles. The number of aryl methyl sites for hydroxylation is 2. The molecule has 0 saturated heterocycles. The van der Waals surface area contributed by atoms with Crippen molar-refractivity contribution in [3.05, 3.63) is 83.6 Å². The Morgan fingerprint density at radius 3 is 1.92 bits per heavy atom. The first-order valence-electron chi connectivity index (χ1n) is 15.2. The number of anilines is 3. The molecule has 0 aliphatic carbocycles. The van der Waals surface area contributed by atoms with Crippen LogP contribution in [0.15, 0.2) is 70.8 Å². The monoisotopic (exact) mass is 709 g/mol. The summed E-state index contributed by atoms with van der Waals surface area (Å²) in [4.78, 5) is 58.6. The summed E-state index contributed by atoms with van der Waals surface area (Å²) in [6.07, 6.45) is 3.82. The lowest BCUT2D eigenvalue weighted by molar-refractivity contribution is 0.0944. The van der Waals surface area contributed by atoms with Crippen LogP contribution in [0.5, 0.6) is 0 Å². The normalized spacial score (nSPS) is 11.9. The van der Waals surface area contributed by atoms with Gasteiger partial charge in [0.25, 0.3) is 23.6 Å². The van der Waals surface area contributed by atoms with Crippen LogP contribution in [-0.4, -0.2) is 91.6 Å². The first-order chi connectivity index (χ1) is 23.3. The van der Waals surface area contributed by atoms with E-state index in [0.29, 0.717) is 52.1 Å². The lowest BCUT2D eigenvalue weighted by Gasteiger charge is -2.15. The van der Waals surface area contributed by atoms with Crippen LogP contribution in [0.4, 0.5) is 17.2 Å². The molecule has 4 rings (SSSR count). The Kier molecular flexibility index (Phi) is 12.2. The molecular weight excluding hydrogens is 670 g/mol. The number of aromatic nitrogens is 3. The van der Waals surface area contributed by atoms with Crippen LogP contribution in [0.1, 0.15) is 48.2 Å². The summed E-state index contributed by atoms with van der Waals surface area (Å²) in [7, 11) is 9.28. The molecule has 4 aromatic rings. The SMILES string of the molecule is CN=C(CCNC(=O)c1cc(NC(=O)c2cc(NC(=O)c3ccc(NC(=O)c4ccc(S(=O)CCCl)cc4)n3C)cn2C)cn1C)N(C)C. The van der Waals surface area contributed by atoms with E-state index in [-0.39, 0.29) is 23.2 Å². The van der Waals surface area contributed by atoms with Gasteiger partial charge >= 0.3 is 0 Å². The Balaban J connectivity index is 1.35. The summed E-state index contributed by atoms with van der Waals surface area (Å²) in [5, 5.41) is 11.3. The standard InChI is InChI=1S/C33H40ClN9O5S/c1-35-28(40(2)3)13-15-36-31(45)26-17-22(19-41(26)4)38-33(47)27-18-23(20-42(27)5)37-32(46)25-11-12-29(43(25)6)39-30(44)21-7-9-24(10-8-21)49(48)16-14-34/h7-12,17-20H,13-16H2,1-6H3,(H,36,45)(H,37,46)(H,38,47)(H,39,44). The minimum absolute atomic E-state index is 0.270. The topological polar surface area (TPSA) is 164 Å². The third-order valence-electron chi connectivity index (χ3n) is 7.64. The summed E-state index contributed by atoms with van der Waals surface area (Å²) in [6, 6.07) is 12.7. The fraction of sp³-hybridized carbons (Fsp3) is 0.303. The van der Waals surface area contributed by atoms with Crippen LogP contribution >= 0.6 is 11.6 Å². The van der Waals surface area contributed by atoms with Gasteiger partial charge in [0.05, 0.1) is 28.0 Å². The van der Waals surface area contributed by atoms with Gasteiger partial charge in [0.2, 0.25) is 0 Å². The van der Waals surface area contributed by atoms with Crippen LogP contribution in [0.3, 0.4) is 0 Å². The van der Waals surface area contributed by atoms with Crippen LogP contribution in [0, 0.1) is 0 Å². The van der Waals surface area contributed by atoms with Crippen molar-refractivity contribution in [3.63, 3.8) is 0 Å². The summed E-state index contributed by atoms with van der Waals surface area (Å²) in [6.45, 7) is 0.405. The number of amides is 4. The first-order valence-corrected chi connectivity index (χ1v) is 17.1. The maximum absolute atomic E-state index is 13.2. The highest BCUT2D eigenvalue weighted by Gasteiger charge is 2.19. The van der Waals surface area contributed by atoms with Gasteiger partial charge in [-0.3, -0.25) is 28.4 Å². The van der Waals surface area contributed by atoms with Gasteiger partial charge in [0.15, 0.2) is 0 Å². The molecular formula is C33H40ClN9O5S. The van der Waals surface area contributed by atoms with Gasteiger partial charge in [-0.25, -0.2) is 0 Å². The number of carbonyl (C=O) groups excluding carboxylic acids is 4. The largest absolute Gasteiger partial charge is 0.366 e. The molecule has 0 saturated carbocycles. The highest BCUT2D eigenvalue weighted by molar-refractivity contribution is 7.85. The third kappa shape index (κ3) is 9.06. The maximum atomic E-state index is 13.2. The molecule has 14 nitrogen and oxygen atoms in total. The number of benzene rings is 1. The summed E-state index contributed by atoms with van der Waals surface area (Å²) < 4.78 is 16.9. The van der Waals surface area contributed by atoms with E-state index in [1.54, 1.807) is 92.2 Å². The number of hydrogen-bond donors (Lipinski definition) is 4. The van der Waals surface area contributed by atoms with Gasteiger partial charge in [0.1, 0.15) is 22.9 Å². The van der Waals surface area contributed by atoms with Crippen molar-refractivity contribution in [2.24, 2.45) is 26.1 Å². The van der Waals surface area contributed by atoms with Gasteiger partial charge in [-0.05, 0) is 48.5 Å². The number of nitrogens with zero attached hydrogens (tertiary/aromatic N) is 5. The molecule has 1 atom stereocenters. The van der Waals surface area contributed by atoms with Crippen molar-refractivity contribution in [2.75, 3.05) is 55.3 Å². The second-order valence-electron chi connectivity index (χ2n) is 11.3. The molecule has 3 aromatic heterocycles. The molecule has 4 N–H and O–H groups in total. The third-order valence-corrected chi connectivity index (χ3v) is 9.42. The molecule has 3 heterocycles. The minimum atomic E-state index is -1.24. The number of rotatable bonds is 13. The van der Waals surface area contributed by atoms with Crippen molar-refractivity contribution < 1.29 is 23.4 Å². The second-order valence-corrected chi connectivity index (χ2v) is 13.2. The van der Waals surface area contributed by atoms with E-state index in [2.05, 4.69) is 26.3 Å². The van der Waals surface area contributed by atoms with E-state index in [1.165, 1.54) is 10.6 Å². The summed E-state index contributed by atoms with van der Waals surface area (Å²) in [5.41, 5.74) is 2.10. The summed E-state index contributed by atoms with van der Waals surface area (Å²) >= 11 is 5.67. The Morgan fingerprint density at radius 2 is 1.37 bits per heavy atom. The molecule has 0 bridgehead atoms. The molecule has 0 radical (unpaired) electrons. The lowest BCUT2D eigenvalue weighted by atomic mass is 10.2. The van der Waals surface area contributed by atoms with Crippen LogP contribution in [0.25, 0.3) is 0 Å². The van der Waals surface area contributed by atoms with Gasteiger partial charge in [-0.15, -0.1) is 11.6 Å². The number of halogens is 1. The van der Waals surface area contributed by atoms with E-state index >= 15 is 0 Å². The average Bonchev–Trinajstić information content (AvgIpc) is 3.74. The summed E-state index contributed by atoms with van der Waals surface area (Å²) in [5.74, 6) is 0.279. The fourth-order valence-corrected chi connectivity index (χ4v) is 6.26. The van der Waals surface area contributed by atoms with Gasteiger partial charge in [0, 0.05) is 89.7 Å². The van der Waals surface area contributed by atoms with E-state index < -0.39 is 28.5 Å². The number of amidine groups is 1. The molecule has 0 aliphatic heterocycles. The predicted molar refractivity (Wildman–Crippen MR) is 193 cm³/mol. The Bertz CT molecular complexity index is 1910. The van der Waals surface area contributed by atoms with Crippen LogP contribution in [0.2, 0.25) is 0 Å². The molecule has 1 unspecified atom stereocenters. The van der Waals surface area contributed by atoms with Gasteiger partial charge < -0.3 is 39.9 Å². The molecule has 260 valence electrons. The smallest absolute Gasteiger partial charge is 0.272 e. The van der Waals surface area contributed by atoms with Crippen molar-refractivity contribution in [1.82, 2.24) is 23.9 Å². The van der Waals surface area contributed by atoms with E-state index in [9.17, 15) is 23.4 Å². The minimum Gasteiger partial charge on any atom is -0.366 e. The zero-order chi connectivity index (χ0) is 35.8. The highest BCUT2D eigenvalue weighted by Crippen LogP contribution is 2.20. The van der Waals surface area contributed by atoms with Crippen LogP contribution < -0.4 is 21.3 Å². The number of aliphatic imine (C=N–C) groups is 1. The highest BCUT2D eigenvalue weighted by atomic mass is 35.5. The Hall–Kier alpha value is -5.15. The van der Waals surface area contributed by atoms with Crippen molar-refractivity contribution >= 4 is 69.1 Å². The molecule has 4 amide bonds. The molecule has 0 fully saturated rings.